The van der Waals surface area contributed by atoms with Crippen molar-refractivity contribution in [1.82, 2.24) is 5.32 Å². The number of nitrogens with one attached hydrogen (secondary N) is 2. The van der Waals surface area contributed by atoms with Crippen LogP contribution in [-0.4, -0.2) is 24.1 Å². The van der Waals surface area contributed by atoms with Crippen LogP contribution < -0.4 is 10.6 Å². The largest absolute Gasteiger partial charge is 0.352 e. The fraction of sp³-hybridized carbons (Fsp3) is 0.556. The van der Waals surface area contributed by atoms with Gasteiger partial charge < -0.3 is 10.6 Å². The second-order valence-electron chi connectivity index (χ2n) is 6.40. The maximum Gasteiger partial charge on any atom is 0.251 e. The van der Waals surface area contributed by atoms with Crippen LogP contribution in [0.5, 0.6) is 0 Å². The maximum absolute atomic E-state index is 12.2. The number of hydrogen-bond acceptors (Lipinski definition) is 3. The van der Waals surface area contributed by atoms with Gasteiger partial charge >= 0.3 is 0 Å². The second-order valence-corrected chi connectivity index (χ2v) is 7.42. The van der Waals surface area contributed by atoms with E-state index in [1.165, 1.54) is 31.0 Å². The molecular weight excluding hydrogens is 308 g/mol. The Balaban J connectivity index is 1.72. The number of unbranched alkanes of at least 4 members (excludes halogenated alkanes) is 3. The average Bonchev–Trinajstić information content (AvgIpc) is 2.52. The molecule has 0 radical (unpaired) electrons. The summed E-state index contributed by atoms with van der Waals surface area (Å²) < 4.78 is 0. The molecule has 1 heterocycles. The van der Waals surface area contributed by atoms with Gasteiger partial charge in [0.05, 0.1) is 11.4 Å². The van der Waals surface area contributed by atoms with Gasteiger partial charge in [0.15, 0.2) is 0 Å². The van der Waals surface area contributed by atoms with E-state index >= 15 is 0 Å². The molecule has 0 fully saturated rings. The normalized spacial score (nSPS) is 13.6. The molecule has 1 aromatic rings. The lowest BCUT2D eigenvalue weighted by Gasteiger charge is -2.16. The molecule has 0 saturated carbocycles. The summed E-state index contributed by atoms with van der Waals surface area (Å²) >= 11 is 1.50. The molecule has 0 spiro atoms. The minimum absolute atomic E-state index is 0.0125. The zero-order valence-electron chi connectivity index (χ0n) is 14.0. The molecule has 0 bridgehead atoms. The average molecular weight is 334 g/mol. The van der Waals surface area contributed by atoms with E-state index in [1.54, 1.807) is 6.07 Å². The molecule has 2 N–H and O–H groups in total. The summed E-state index contributed by atoms with van der Waals surface area (Å²) in [7, 11) is 0. The lowest BCUT2D eigenvalue weighted by Crippen LogP contribution is -2.25. The van der Waals surface area contributed by atoms with Crippen LogP contribution in [0.4, 0.5) is 5.69 Å². The van der Waals surface area contributed by atoms with Crippen molar-refractivity contribution in [3.63, 3.8) is 0 Å². The van der Waals surface area contributed by atoms with Gasteiger partial charge in [0.2, 0.25) is 5.91 Å². The van der Waals surface area contributed by atoms with Gasteiger partial charge in [-0.3, -0.25) is 9.59 Å². The van der Waals surface area contributed by atoms with E-state index in [0.717, 1.165) is 29.3 Å². The van der Waals surface area contributed by atoms with E-state index < -0.39 is 0 Å². The summed E-state index contributed by atoms with van der Waals surface area (Å²) in [6.07, 6.45) is 5.96. The first kappa shape index (κ1) is 17.9. The molecule has 0 unspecified atom stereocenters. The number of rotatable bonds is 8. The number of hydrogen-bond donors (Lipinski definition) is 2. The highest BCUT2D eigenvalue weighted by atomic mass is 32.2. The highest BCUT2D eigenvalue weighted by Gasteiger charge is 2.17. The minimum Gasteiger partial charge on any atom is -0.352 e. The first-order chi connectivity index (χ1) is 11.1. The summed E-state index contributed by atoms with van der Waals surface area (Å²) in [4.78, 5) is 24.6. The van der Waals surface area contributed by atoms with Crippen LogP contribution in [0.1, 0.15) is 56.3 Å². The Hall–Kier alpha value is -1.49. The van der Waals surface area contributed by atoms with Gasteiger partial charge in [0.25, 0.3) is 5.91 Å². The van der Waals surface area contributed by atoms with E-state index in [4.69, 9.17) is 0 Å². The molecular formula is C18H26N2O2S. The van der Waals surface area contributed by atoms with E-state index in [9.17, 15) is 9.59 Å². The summed E-state index contributed by atoms with van der Waals surface area (Å²) in [5.74, 6) is 1.13. The molecule has 126 valence electrons. The summed E-state index contributed by atoms with van der Waals surface area (Å²) in [5.41, 5.74) is 1.35. The third-order valence-electron chi connectivity index (χ3n) is 3.87. The molecule has 2 amide bonds. The van der Waals surface area contributed by atoms with Crippen molar-refractivity contribution < 1.29 is 9.59 Å². The Kier molecular flexibility index (Phi) is 6.96. The number of anilines is 1. The SMILES string of the molecule is CC(C)CCCCCCNC(=O)c1ccc2c(c1)NC(=O)CS2. The molecule has 2 rings (SSSR count). The minimum atomic E-state index is -0.0696. The number of thioether (sulfide) groups is 1. The van der Waals surface area contributed by atoms with E-state index in [1.807, 2.05) is 12.1 Å². The van der Waals surface area contributed by atoms with E-state index in [0.29, 0.717) is 17.9 Å². The fourth-order valence-electron chi connectivity index (χ4n) is 2.56. The van der Waals surface area contributed by atoms with E-state index in [-0.39, 0.29) is 11.8 Å². The van der Waals surface area contributed by atoms with Crippen LogP contribution in [0.25, 0.3) is 0 Å². The number of fused-ring (bicyclic) bond motifs is 1. The number of amides is 2. The molecule has 1 aliphatic heterocycles. The standard InChI is InChI=1S/C18H26N2O2S/c1-13(2)7-5-3-4-6-10-19-18(22)14-8-9-16-15(11-14)20-17(21)12-23-16/h8-9,11,13H,3-7,10,12H2,1-2H3,(H,19,22)(H,20,21). The third-order valence-corrected chi connectivity index (χ3v) is 4.94. The molecule has 4 nitrogen and oxygen atoms in total. The van der Waals surface area contributed by atoms with Crippen molar-refractivity contribution in [1.29, 1.82) is 0 Å². The van der Waals surface area contributed by atoms with Gasteiger partial charge in [-0.05, 0) is 30.5 Å². The Morgan fingerprint density at radius 3 is 2.83 bits per heavy atom. The maximum atomic E-state index is 12.2. The van der Waals surface area contributed by atoms with Crippen molar-refractivity contribution in [3.05, 3.63) is 23.8 Å². The van der Waals surface area contributed by atoms with Crippen LogP contribution in [0.3, 0.4) is 0 Å². The van der Waals surface area contributed by atoms with Crippen LogP contribution in [-0.2, 0) is 4.79 Å². The van der Waals surface area contributed by atoms with Crippen LogP contribution in [0, 0.1) is 5.92 Å². The molecule has 0 saturated heterocycles. The van der Waals surface area contributed by atoms with Gasteiger partial charge in [-0.1, -0.05) is 39.5 Å². The quantitative estimate of drug-likeness (QED) is 0.705. The number of benzene rings is 1. The zero-order valence-corrected chi connectivity index (χ0v) is 14.8. The number of carbonyl (C=O) groups excluding carboxylic acids is 2. The fourth-order valence-corrected chi connectivity index (χ4v) is 3.35. The second kappa shape index (κ2) is 8.96. The summed E-state index contributed by atoms with van der Waals surface area (Å²) in [5, 5.41) is 5.77. The van der Waals surface area contributed by atoms with Gasteiger partial charge in [-0.2, -0.15) is 0 Å². The van der Waals surface area contributed by atoms with Crippen LogP contribution in [0.2, 0.25) is 0 Å². The van der Waals surface area contributed by atoms with Gasteiger partial charge in [0.1, 0.15) is 0 Å². The summed E-state index contributed by atoms with van der Waals surface area (Å²) in [6, 6.07) is 5.49. The zero-order chi connectivity index (χ0) is 16.7. The van der Waals surface area contributed by atoms with Gasteiger partial charge in [-0.25, -0.2) is 0 Å². The Bertz CT molecular complexity index is 558. The Morgan fingerprint density at radius 2 is 2.04 bits per heavy atom. The third kappa shape index (κ3) is 5.90. The lowest BCUT2D eigenvalue weighted by molar-refractivity contribution is -0.113. The molecule has 1 aromatic carbocycles. The Morgan fingerprint density at radius 1 is 1.26 bits per heavy atom. The molecule has 0 aromatic heterocycles. The highest BCUT2D eigenvalue weighted by molar-refractivity contribution is 8.00. The smallest absolute Gasteiger partial charge is 0.251 e. The van der Waals surface area contributed by atoms with Crippen molar-refractivity contribution in [2.75, 3.05) is 17.6 Å². The van der Waals surface area contributed by atoms with Gasteiger partial charge in [-0.15, -0.1) is 11.8 Å². The van der Waals surface area contributed by atoms with Crippen molar-refractivity contribution in [3.8, 4) is 0 Å². The predicted octanol–water partition coefficient (Wildman–Crippen LogP) is 4.07. The molecule has 1 aliphatic rings. The predicted molar refractivity (Wildman–Crippen MR) is 96.1 cm³/mol. The molecule has 0 atom stereocenters. The lowest BCUT2D eigenvalue weighted by atomic mass is 10.0. The first-order valence-corrected chi connectivity index (χ1v) is 9.39. The monoisotopic (exact) mass is 334 g/mol. The van der Waals surface area contributed by atoms with Gasteiger partial charge in [0, 0.05) is 17.0 Å². The topological polar surface area (TPSA) is 58.2 Å². The molecule has 0 aliphatic carbocycles. The van der Waals surface area contributed by atoms with Crippen LogP contribution in [0.15, 0.2) is 23.1 Å². The van der Waals surface area contributed by atoms with Crippen molar-refractivity contribution in [2.24, 2.45) is 5.92 Å². The van der Waals surface area contributed by atoms with Crippen molar-refractivity contribution >= 4 is 29.3 Å². The molecule has 23 heavy (non-hydrogen) atoms. The first-order valence-electron chi connectivity index (χ1n) is 8.41. The summed E-state index contributed by atoms with van der Waals surface area (Å²) in [6.45, 7) is 5.21. The highest BCUT2D eigenvalue weighted by Crippen LogP contribution is 2.31. The molecule has 5 heteroatoms. The number of carbonyl (C=O) groups is 2. The van der Waals surface area contributed by atoms with E-state index in [2.05, 4.69) is 24.5 Å². The Labute approximate surface area is 142 Å². The van der Waals surface area contributed by atoms with Crippen molar-refractivity contribution in [2.45, 2.75) is 50.8 Å². The van der Waals surface area contributed by atoms with Crippen LogP contribution >= 0.6 is 11.8 Å².